The van der Waals surface area contributed by atoms with Crippen molar-refractivity contribution in [2.45, 2.75) is 57.5 Å². The molecule has 4 unspecified atom stereocenters. The van der Waals surface area contributed by atoms with Crippen molar-refractivity contribution in [1.29, 1.82) is 0 Å². The van der Waals surface area contributed by atoms with Crippen LogP contribution in [0.5, 0.6) is 0 Å². The number of hydrogen-bond acceptors (Lipinski definition) is 2. The Morgan fingerprint density at radius 1 is 1.40 bits per heavy atom. The highest BCUT2D eigenvalue weighted by Gasteiger charge is 2.40. The van der Waals surface area contributed by atoms with E-state index in [0.717, 1.165) is 25.7 Å². The van der Waals surface area contributed by atoms with Crippen molar-refractivity contribution >= 4 is 23.4 Å². The highest BCUT2D eigenvalue weighted by molar-refractivity contribution is 6.33. The SMILES string of the molecule is CCCC1CC(=O)NC2CC(NC(=O)c3c(F)cccc3Cl)CCC12. The van der Waals surface area contributed by atoms with Crippen LogP contribution in [-0.4, -0.2) is 23.9 Å². The molecule has 25 heavy (non-hydrogen) atoms. The van der Waals surface area contributed by atoms with Crippen molar-refractivity contribution < 1.29 is 14.0 Å². The van der Waals surface area contributed by atoms with Gasteiger partial charge in [0, 0.05) is 18.5 Å². The van der Waals surface area contributed by atoms with Crippen LogP contribution in [0.25, 0.3) is 0 Å². The number of carbonyl (C=O) groups excluding carboxylic acids is 2. The second-order valence-electron chi connectivity index (χ2n) is 7.17. The van der Waals surface area contributed by atoms with Crippen molar-refractivity contribution in [3.05, 3.63) is 34.6 Å². The summed E-state index contributed by atoms with van der Waals surface area (Å²) in [4.78, 5) is 24.4. The summed E-state index contributed by atoms with van der Waals surface area (Å²) in [6, 6.07) is 4.23. The van der Waals surface area contributed by atoms with E-state index in [2.05, 4.69) is 17.6 Å². The van der Waals surface area contributed by atoms with Gasteiger partial charge in [-0.05, 0) is 49.7 Å². The Labute approximate surface area is 152 Å². The molecule has 2 N–H and O–H groups in total. The molecule has 1 saturated carbocycles. The monoisotopic (exact) mass is 366 g/mol. The molecule has 6 heteroatoms. The summed E-state index contributed by atoms with van der Waals surface area (Å²) in [5.74, 6) is -0.0976. The lowest BCUT2D eigenvalue weighted by atomic mass is 9.70. The van der Waals surface area contributed by atoms with Gasteiger partial charge in [0.2, 0.25) is 5.91 Å². The van der Waals surface area contributed by atoms with E-state index in [-0.39, 0.29) is 28.6 Å². The molecule has 1 aliphatic heterocycles. The predicted octanol–water partition coefficient (Wildman–Crippen LogP) is 3.68. The van der Waals surface area contributed by atoms with Crippen molar-refractivity contribution in [2.24, 2.45) is 11.8 Å². The van der Waals surface area contributed by atoms with Gasteiger partial charge in [-0.2, -0.15) is 0 Å². The first-order valence-corrected chi connectivity index (χ1v) is 9.41. The van der Waals surface area contributed by atoms with Crippen LogP contribution in [-0.2, 0) is 4.79 Å². The maximum Gasteiger partial charge on any atom is 0.255 e. The quantitative estimate of drug-likeness (QED) is 0.853. The summed E-state index contributed by atoms with van der Waals surface area (Å²) in [6.45, 7) is 2.14. The van der Waals surface area contributed by atoms with E-state index in [9.17, 15) is 14.0 Å². The molecule has 1 aromatic rings. The van der Waals surface area contributed by atoms with E-state index in [0.29, 0.717) is 24.7 Å². The third kappa shape index (κ3) is 3.97. The summed E-state index contributed by atoms with van der Waals surface area (Å²) in [7, 11) is 0. The molecule has 2 amide bonds. The van der Waals surface area contributed by atoms with E-state index in [1.165, 1.54) is 18.2 Å². The number of piperidine rings is 1. The molecular weight excluding hydrogens is 343 g/mol. The second-order valence-corrected chi connectivity index (χ2v) is 7.58. The van der Waals surface area contributed by atoms with E-state index >= 15 is 0 Å². The normalized spacial score (nSPS) is 28.8. The molecule has 0 aromatic heterocycles. The Balaban J connectivity index is 1.66. The lowest BCUT2D eigenvalue weighted by Gasteiger charge is -2.44. The average Bonchev–Trinajstić information content (AvgIpc) is 2.54. The Kier molecular flexibility index (Phi) is 5.62. The molecule has 3 rings (SSSR count). The van der Waals surface area contributed by atoms with Crippen LogP contribution in [0.15, 0.2) is 18.2 Å². The molecule has 1 heterocycles. The first-order chi connectivity index (χ1) is 12.0. The van der Waals surface area contributed by atoms with Crippen LogP contribution in [0.3, 0.4) is 0 Å². The molecule has 1 aliphatic carbocycles. The van der Waals surface area contributed by atoms with Crippen LogP contribution < -0.4 is 10.6 Å². The maximum atomic E-state index is 13.9. The van der Waals surface area contributed by atoms with Crippen LogP contribution in [0.2, 0.25) is 5.02 Å². The highest BCUT2D eigenvalue weighted by Crippen LogP contribution is 2.37. The Hall–Kier alpha value is -1.62. The third-order valence-electron chi connectivity index (χ3n) is 5.49. The lowest BCUT2D eigenvalue weighted by molar-refractivity contribution is -0.127. The number of halogens is 2. The number of benzene rings is 1. The number of hydrogen-bond donors (Lipinski definition) is 2. The fourth-order valence-corrected chi connectivity index (χ4v) is 4.62. The van der Waals surface area contributed by atoms with Crippen molar-refractivity contribution in [3.8, 4) is 0 Å². The Morgan fingerprint density at radius 3 is 2.92 bits per heavy atom. The van der Waals surface area contributed by atoms with Crippen LogP contribution in [0.1, 0.15) is 55.8 Å². The minimum atomic E-state index is -0.618. The Bertz CT molecular complexity index is 647. The molecule has 136 valence electrons. The van der Waals surface area contributed by atoms with Gasteiger partial charge < -0.3 is 10.6 Å². The standard InChI is InChI=1S/C19H24ClFN2O2/c1-2-4-11-9-17(24)23-16-10-12(7-8-13(11)16)22-19(25)18-14(20)5-3-6-15(18)21/h3,5-6,11-13,16H,2,4,7-10H2,1H3,(H,22,25)(H,23,24). The van der Waals surface area contributed by atoms with Crippen molar-refractivity contribution in [3.63, 3.8) is 0 Å². The van der Waals surface area contributed by atoms with E-state index in [1.807, 2.05) is 0 Å². The van der Waals surface area contributed by atoms with Crippen LogP contribution in [0.4, 0.5) is 4.39 Å². The predicted molar refractivity (Wildman–Crippen MR) is 95.0 cm³/mol. The highest BCUT2D eigenvalue weighted by atomic mass is 35.5. The topological polar surface area (TPSA) is 58.2 Å². The largest absolute Gasteiger partial charge is 0.353 e. The minimum Gasteiger partial charge on any atom is -0.353 e. The zero-order valence-corrected chi connectivity index (χ0v) is 15.1. The fraction of sp³-hybridized carbons (Fsp3) is 0.579. The number of carbonyl (C=O) groups is 2. The number of rotatable bonds is 4. The summed E-state index contributed by atoms with van der Waals surface area (Å²) in [6.07, 6.45) is 5.25. The summed E-state index contributed by atoms with van der Waals surface area (Å²) in [5.41, 5.74) is -0.108. The second kappa shape index (κ2) is 7.73. The van der Waals surface area contributed by atoms with E-state index in [4.69, 9.17) is 11.6 Å². The van der Waals surface area contributed by atoms with Gasteiger partial charge in [0.25, 0.3) is 5.91 Å². The number of fused-ring (bicyclic) bond motifs is 1. The van der Waals surface area contributed by atoms with Gasteiger partial charge in [-0.3, -0.25) is 9.59 Å². The first kappa shape index (κ1) is 18.2. The molecule has 2 fully saturated rings. The summed E-state index contributed by atoms with van der Waals surface area (Å²) >= 11 is 5.97. The third-order valence-corrected chi connectivity index (χ3v) is 5.80. The minimum absolute atomic E-state index is 0.0786. The average molecular weight is 367 g/mol. The van der Waals surface area contributed by atoms with Gasteiger partial charge in [0.1, 0.15) is 5.82 Å². The number of amides is 2. The zero-order chi connectivity index (χ0) is 18.0. The molecule has 2 aliphatic rings. The van der Waals surface area contributed by atoms with Gasteiger partial charge in [0.05, 0.1) is 10.6 Å². The van der Waals surface area contributed by atoms with E-state index < -0.39 is 11.7 Å². The molecule has 1 saturated heterocycles. The first-order valence-electron chi connectivity index (χ1n) is 9.03. The van der Waals surface area contributed by atoms with Crippen LogP contribution in [0, 0.1) is 17.7 Å². The molecule has 0 spiro atoms. The molecular formula is C19H24ClFN2O2. The Morgan fingerprint density at radius 2 is 2.20 bits per heavy atom. The lowest BCUT2D eigenvalue weighted by Crippen LogP contribution is -2.55. The van der Waals surface area contributed by atoms with Crippen molar-refractivity contribution in [2.75, 3.05) is 0 Å². The number of nitrogens with one attached hydrogen (secondary N) is 2. The summed E-state index contributed by atoms with van der Waals surface area (Å²) < 4.78 is 13.9. The molecule has 1 aromatic carbocycles. The molecule has 0 radical (unpaired) electrons. The fourth-order valence-electron chi connectivity index (χ4n) is 4.37. The van der Waals surface area contributed by atoms with Crippen molar-refractivity contribution in [1.82, 2.24) is 10.6 Å². The molecule has 0 bridgehead atoms. The zero-order valence-electron chi connectivity index (χ0n) is 14.4. The molecule has 4 nitrogen and oxygen atoms in total. The van der Waals surface area contributed by atoms with E-state index in [1.54, 1.807) is 0 Å². The van der Waals surface area contributed by atoms with Gasteiger partial charge in [-0.1, -0.05) is 31.0 Å². The smallest absolute Gasteiger partial charge is 0.255 e. The van der Waals surface area contributed by atoms with Gasteiger partial charge in [0.15, 0.2) is 0 Å². The summed E-state index contributed by atoms with van der Waals surface area (Å²) in [5, 5.41) is 6.09. The maximum absolute atomic E-state index is 13.9. The van der Waals surface area contributed by atoms with Gasteiger partial charge >= 0.3 is 0 Å². The molecule has 4 atom stereocenters. The van der Waals surface area contributed by atoms with Gasteiger partial charge in [-0.25, -0.2) is 4.39 Å². The van der Waals surface area contributed by atoms with Gasteiger partial charge in [-0.15, -0.1) is 0 Å². The van der Waals surface area contributed by atoms with Crippen LogP contribution >= 0.6 is 11.6 Å².